The molecule has 0 fully saturated rings. The standard InChI is InChI=1S/C40H40N4O7S2/c1-3-5-21-40(22-20-28-8-6-10-32(23-28)43-52(47,48)34-16-12-29(25-41)13-17-34)27-51-39(46)37(38(40)45)36(4-2)31-9-7-11-33(24-31)44-53(49,50)35-18-14-30(26-42)15-19-35/h6-19,23-24,36,43-45H,3-5,20-22,27H2,1-2H3. The summed E-state index contributed by atoms with van der Waals surface area (Å²) >= 11 is 0. The van der Waals surface area contributed by atoms with E-state index in [1.807, 2.05) is 32.1 Å². The van der Waals surface area contributed by atoms with Crippen molar-refractivity contribution in [1.29, 1.82) is 10.5 Å². The number of cyclic esters (lactones) is 1. The Morgan fingerprint density at radius 2 is 1.34 bits per heavy atom. The monoisotopic (exact) mass is 752 g/mol. The summed E-state index contributed by atoms with van der Waals surface area (Å²) in [7, 11) is -7.91. The van der Waals surface area contributed by atoms with Crippen LogP contribution in [0.15, 0.2) is 118 Å². The highest BCUT2D eigenvalue weighted by molar-refractivity contribution is 7.93. The zero-order valence-corrected chi connectivity index (χ0v) is 31.0. The maximum absolute atomic E-state index is 13.4. The number of aliphatic hydroxyl groups is 1. The summed E-state index contributed by atoms with van der Waals surface area (Å²) in [6.45, 7) is 3.89. The third kappa shape index (κ3) is 8.88. The summed E-state index contributed by atoms with van der Waals surface area (Å²) in [6, 6.07) is 28.7. The Balaban J connectivity index is 1.41. The normalized spacial score (nSPS) is 16.6. The second-order valence-corrected chi connectivity index (χ2v) is 16.4. The Hall–Kier alpha value is -5.63. The average molecular weight is 753 g/mol. The molecule has 2 atom stereocenters. The molecule has 13 heteroatoms. The molecule has 0 amide bonds. The maximum Gasteiger partial charge on any atom is 0.338 e. The first kappa shape index (κ1) is 38.6. The van der Waals surface area contributed by atoms with Gasteiger partial charge in [-0.25, -0.2) is 21.6 Å². The van der Waals surface area contributed by atoms with E-state index in [1.54, 1.807) is 42.5 Å². The molecule has 0 radical (unpaired) electrons. The molecule has 2 unspecified atom stereocenters. The Kier molecular flexibility index (Phi) is 11.9. The predicted molar refractivity (Wildman–Crippen MR) is 201 cm³/mol. The zero-order chi connectivity index (χ0) is 38.2. The molecule has 3 N–H and O–H groups in total. The fourth-order valence-corrected chi connectivity index (χ4v) is 8.60. The molecule has 11 nitrogen and oxygen atoms in total. The van der Waals surface area contributed by atoms with Gasteiger partial charge in [0.2, 0.25) is 0 Å². The van der Waals surface area contributed by atoms with E-state index < -0.39 is 37.3 Å². The van der Waals surface area contributed by atoms with E-state index in [2.05, 4.69) is 9.44 Å². The third-order valence-electron chi connectivity index (χ3n) is 9.42. The number of hydrogen-bond donors (Lipinski definition) is 3. The van der Waals surface area contributed by atoms with E-state index in [4.69, 9.17) is 15.3 Å². The molecule has 0 saturated carbocycles. The van der Waals surface area contributed by atoms with Crippen molar-refractivity contribution in [2.45, 2.75) is 68.1 Å². The van der Waals surface area contributed by atoms with Gasteiger partial charge >= 0.3 is 5.97 Å². The molecule has 4 aromatic carbocycles. The highest BCUT2D eigenvalue weighted by Crippen LogP contribution is 2.46. The van der Waals surface area contributed by atoms with Gasteiger partial charge in [0, 0.05) is 17.3 Å². The van der Waals surface area contributed by atoms with E-state index in [0.29, 0.717) is 48.1 Å². The predicted octanol–water partition coefficient (Wildman–Crippen LogP) is 7.70. The highest BCUT2D eigenvalue weighted by atomic mass is 32.2. The number of unbranched alkanes of at least 4 members (excludes halogenated alkanes) is 1. The summed E-state index contributed by atoms with van der Waals surface area (Å²) < 4.78 is 63.4. The number of nitrogens with one attached hydrogen (secondary N) is 2. The number of esters is 1. The average Bonchev–Trinajstić information content (AvgIpc) is 3.16. The molecule has 0 spiro atoms. The molecule has 0 saturated heterocycles. The van der Waals surface area contributed by atoms with E-state index in [1.165, 1.54) is 48.5 Å². The van der Waals surface area contributed by atoms with Crippen LogP contribution in [0.3, 0.4) is 0 Å². The van der Waals surface area contributed by atoms with Gasteiger partial charge in [0.05, 0.1) is 44.0 Å². The number of nitrogens with zero attached hydrogens (tertiary/aromatic N) is 2. The van der Waals surface area contributed by atoms with Gasteiger partial charge in [-0.2, -0.15) is 10.5 Å². The molecule has 0 aliphatic carbocycles. The van der Waals surface area contributed by atoms with Crippen LogP contribution in [0.25, 0.3) is 0 Å². The summed E-state index contributed by atoms with van der Waals surface area (Å²) in [5, 5.41) is 30.2. The van der Waals surface area contributed by atoms with Gasteiger partial charge in [-0.3, -0.25) is 9.44 Å². The number of sulfonamides is 2. The number of carbonyl (C=O) groups excluding carboxylic acids is 1. The van der Waals surface area contributed by atoms with Gasteiger partial charge in [-0.1, -0.05) is 51.0 Å². The van der Waals surface area contributed by atoms with Crippen LogP contribution in [0, 0.1) is 28.1 Å². The second-order valence-electron chi connectivity index (χ2n) is 13.0. The van der Waals surface area contributed by atoms with E-state index in [0.717, 1.165) is 18.4 Å². The van der Waals surface area contributed by atoms with Crippen molar-refractivity contribution in [2.75, 3.05) is 16.1 Å². The van der Waals surface area contributed by atoms with Crippen LogP contribution in [0.5, 0.6) is 0 Å². The minimum absolute atomic E-state index is 0.0138. The van der Waals surface area contributed by atoms with Crippen LogP contribution < -0.4 is 9.44 Å². The first-order valence-corrected chi connectivity index (χ1v) is 20.2. The summed E-state index contributed by atoms with van der Waals surface area (Å²) in [6.07, 6.45) is 3.38. The van der Waals surface area contributed by atoms with Crippen LogP contribution in [0.1, 0.15) is 74.1 Å². The first-order valence-electron chi connectivity index (χ1n) is 17.2. The Bertz CT molecular complexity index is 2310. The SMILES string of the molecule is CCCCC1(CCc2cccc(NS(=O)(=O)c3ccc(C#N)cc3)c2)COC(=O)C(C(CC)c2cccc(NS(=O)(=O)c3ccc(C#N)cc3)c2)=C1O. The second kappa shape index (κ2) is 16.4. The van der Waals surface area contributed by atoms with Crippen LogP contribution in [0.4, 0.5) is 11.4 Å². The van der Waals surface area contributed by atoms with Crippen molar-refractivity contribution in [1.82, 2.24) is 0 Å². The van der Waals surface area contributed by atoms with Crippen molar-refractivity contribution >= 4 is 37.4 Å². The molecule has 4 aromatic rings. The quantitative estimate of drug-likeness (QED) is 0.102. The first-order chi connectivity index (χ1) is 25.3. The number of benzene rings is 4. The number of rotatable bonds is 15. The number of anilines is 2. The minimum atomic E-state index is -3.99. The number of ether oxygens (including phenoxy) is 1. The maximum atomic E-state index is 13.4. The molecule has 1 aliphatic rings. The fraction of sp³-hybridized carbons (Fsp3) is 0.275. The molecule has 274 valence electrons. The number of aryl methyl sites for hydroxylation is 1. The van der Waals surface area contributed by atoms with E-state index in [-0.39, 0.29) is 33.4 Å². The lowest BCUT2D eigenvalue weighted by Crippen LogP contribution is -2.39. The zero-order valence-electron chi connectivity index (χ0n) is 29.4. The van der Waals surface area contributed by atoms with Crippen molar-refractivity contribution in [2.24, 2.45) is 5.41 Å². The lowest BCUT2D eigenvalue weighted by Gasteiger charge is -2.39. The van der Waals surface area contributed by atoms with Crippen molar-refractivity contribution in [3.8, 4) is 12.1 Å². The number of aliphatic hydroxyl groups excluding tert-OH is 1. The van der Waals surface area contributed by atoms with Gasteiger partial charge in [0.15, 0.2) is 0 Å². The third-order valence-corrected chi connectivity index (χ3v) is 12.2. The van der Waals surface area contributed by atoms with Crippen molar-refractivity contribution in [3.05, 3.63) is 131 Å². The smallest absolute Gasteiger partial charge is 0.338 e. The van der Waals surface area contributed by atoms with Crippen LogP contribution >= 0.6 is 0 Å². The van der Waals surface area contributed by atoms with Crippen molar-refractivity contribution in [3.63, 3.8) is 0 Å². The van der Waals surface area contributed by atoms with Gasteiger partial charge in [0.25, 0.3) is 20.0 Å². The van der Waals surface area contributed by atoms with Crippen LogP contribution in [0.2, 0.25) is 0 Å². The Labute approximate surface area is 310 Å². The molecular formula is C40H40N4O7S2. The fourth-order valence-electron chi connectivity index (χ4n) is 6.51. The molecule has 5 rings (SSSR count). The Morgan fingerprint density at radius 1 is 0.792 bits per heavy atom. The van der Waals surface area contributed by atoms with E-state index >= 15 is 0 Å². The molecule has 0 aromatic heterocycles. The van der Waals surface area contributed by atoms with Crippen LogP contribution in [-0.2, 0) is 36.0 Å². The summed E-state index contributed by atoms with van der Waals surface area (Å²) in [5.41, 5.74) is 1.94. The summed E-state index contributed by atoms with van der Waals surface area (Å²) in [4.78, 5) is 13.4. The molecule has 1 heterocycles. The largest absolute Gasteiger partial charge is 0.511 e. The molecule has 1 aliphatic heterocycles. The molecular weight excluding hydrogens is 713 g/mol. The van der Waals surface area contributed by atoms with Gasteiger partial charge in [-0.15, -0.1) is 0 Å². The van der Waals surface area contributed by atoms with Gasteiger partial charge < -0.3 is 9.84 Å². The number of nitriles is 2. The molecule has 0 bridgehead atoms. The summed E-state index contributed by atoms with van der Waals surface area (Å²) in [5.74, 6) is -1.29. The number of hydrogen-bond acceptors (Lipinski definition) is 9. The highest BCUT2D eigenvalue weighted by Gasteiger charge is 2.45. The lowest BCUT2D eigenvalue weighted by molar-refractivity contribution is -0.147. The van der Waals surface area contributed by atoms with E-state index in [9.17, 15) is 26.7 Å². The van der Waals surface area contributed by atoms with Gasteiger partial charge in [-0.05, 0) is 110 Å². The number of carbonyl (C=O) groups is 1. The van der Waals surface area contributed by atoms with Crippen molar-refractivity contribution < 1.29 is 31.5 Å². The topological polar surface area (TPSA) is 186 Å². The Morgan fingerprint density at radius 3 is 1.87 bits per heavy atom. The lowest BCUT2D eigenvalue weighted by atomic mass is 9.71. The van der Waals surface area contributed by atoms with Crippen LogP contribution in [-0.4, -0.2) is 34.5 Å². The minimum Gasteiger partial charge on any atom is -0.511 e. The molecule has 53 heavy (non-hydrogen) atoms. The van der Waals surface area contributed by atoms with Gasteiger partial charge in [0.1, 0.15) is 12.4 Å².